The highest BCUT2D eigenvalue weighted by Crippen LogP contribution is 2.14. The summed E-state index contributed by atoms with van der Waals surface area (Å²) in [5.74, 6) is -0.105. The minimum atomic E-state index is -0.0600. The van der Waals surface area contributed by atoms with Crippen molar-refractivity contribution in [1.29, 1.82) is 0 Å². The summed E-state index contributed by atoms with van der Waals surface area (Å²) in [5, 5.41) is 1.89. The number of hydrogen-bond donors (Lipinski definition) is 0. The zero-order valence-electron chi connectivity index (χ0n) is 17.7. The van der Waals surface area contributed by atoms with Gasteiger partial charge in [-0.2, -0.15) is 0 Å². The third kappa shape index (κ3) is 19.2. The monoisotopic (exact) mass is 526 g/mol. The van der Waals surface area contributed by atoms with E-state index in [-0.39, 0.29) is 18.0 Å². The van der Waals surface area contributed by atoms with Crippen molar-refractivity contribution in [2.24, 2.45) is 0 Å². The highest BCUT2D eigenvalue weighted by atomic mass is 79.9. The summed E-state index contributed by atoms with van der Waals surface area (Å²) in [5.41, 5.74) is 0. The maximum atomic E-state index is 11.8. The number of hydrogen-bond acceptors (Lipinski definition) is 4. The van der Waals surface area contributed by atoms with Crippen LogP contribution in [0.2, 0.25) is 0 Å². The molecule has 28 heavy (non-hydrogen) atoms. The van der Waals surface area contributed by atoms with Gasteiger partial charge in [-0.05, 0) is 51.4 Å². The van der Waals surface area contributed by atoms with Crippen molar-refractivity contribution in [3.63, 3.8) is 0 Å². The predicted octanol–water partition coefficient (Wildman–Crippen LogP) is 7.10. The van der Waals surface area contributed by atoms with Gasteiger partial charge in [0.2, 0.25) is 0 Å². The maximum absolute atomic E-state index is 11.8. The first kappa shape index (κ1) is 27.9. The van der Waals surface area contributed by atoms with Crippen molar-refractivity contribution in [2.75, 3.05) is 17.3 Å². The van der Waals surface area contributed by atoms with E-state index >= 15 is 0 Å². The molecule has 0 saturated heterocycles. The number of alkyl halides is 2. The summed E-state index contributed by atoms with van der Waals surface area (Å²) < 4.78 is 10.8. The fourth-order valence-electron chi connectivity index (χ4n) is 2.93. The Labute approximate surface area is 189 Å². The minimum absolute atomic E-state index is 0.0448. The van der Waals surface area contributed by atoms with Gasteiger partial charge in [0, 0.05) is 23.5 Å². The molecular formula is C22H40Br2O4. The molecule has 0 amide bonds. The first-order chi connectivity index (χ1) is 13.6. The first-order valence-corrected chi connectivity index (χ1v) is 13.3. The molecule has 0 saturated carbocycles. The van der Waals surface area contributed by atoms with Crippen molar-refractivity contribution in [2.45, 2.75) is 109 Å². The quantitative estimate of drug-likeness (QED) is 0.0961. The van der Waals surface area contributed by atoms with Gasteiger partial charge in [-0.3, -0.25) is 9.59 Å². The van der Waals surface area contributed by atoms with E-state index in [2.05, 4.69) is 38.8 Å². The van der Waals surface area contributed by atoms with E-state index in [9.17, 15) is 9.59 Å². The second kappa shape index (κ2) is 21.6. The fourth-order valence-corrected chi connectivity index (χ4v) is 3.73. The van der Waals surface area contributed by atoms with Gasteiger partial charge >= 0.3 is 11.9 Å². The lowest BCUT2D eigenvalue weighted by atomic mass is 10.1. The molecule has 0 aliphatic rings. The smallest absolute Gasteiger partial charge is 0.306 e. The third-order valence-corrected chi connectivity index (χ3v) is 5.84. The molecule has 1 atom stereocenters. The van der Waals surface area contributed by atoms with Crippen LogP contribution in [0.1, 0.15) is 103 Å². The van der Waals surface area contributed by atoms with Crippen LogP contribution in [0.25, 0.3) is 0 Å². The zero-order valence-corrected chi connectivity index (χ0v) is 20.9. The molecular weight excluding hydrogens is 488 g/mol. The number of rotatable bonds is 20. The standard InChI is InChI=1S/C22H40Br2O4/c1-2-20(28-22(26)16-10-12-18-24)14-8-6-4-3-5-7-13-19-27-21(25)15-9-11-17-23/h20H,2-19H2,1H3. The molecule has 0 aromatic rings. The predicted molar refractivity (Wildman–Crippen MR) is 123 cm³/mol. The molecule has 0 aliphatic heterocycles. The Morgan fingerprint density at radius 3 is 1.82 bits per heavy atom. The van der Waals surface area contributed by atoms with Gasteiger partial charge in [0.25, 0.3) is 0 Å². The Morgan fingerprint density at radius 2 is 1.25 bits per heavy atom. The van der Waals surface area contributed by atoms with Crippen LogP contribution in [0.4, 0.5) is 0 Å². The van der Waals surface area contributed by atoms with Gasteiger partial charge in [-0.25, -0.2) is 0 Å². The van der Waals surface area contributed by atoms with Crippen molar-refractivity contribution in [1.82, 2.24) is 0 Å². The lowest BCUT2D eigenvalue weighted by Crippen LogP contribution is -2.17. The molecule has 0 spiro atoms. The van der Waals surface area contributed by atoms with Crippen molar-refractivity contribution >= 4 is 43.8 Å². The summed E-state index contributed by atoms with van der Waals surface area (Å²) >= 11 is 6.74. The molecule has 0 heterocycles. The molecule has 0 aliphatic carbocycles. The molecule has 166 valence electrons. The Hall–Kier alpha value is -0.100. The van der Waals surface area contributed by atoms with E-state index < -0.39 is 0 Å². The number of carbonyl (C=O) groups is 2. The van der Waals surface area contributed by atoms with Gasteiger partial charge in [0.15, 0.2) is 0 Å². The molecule has 6 heteroatoms. The topological polar surface area (TPSA) is 52.6 Å². The molecule has 0 fully saturated rings. The molecule has 0 aromatic heterocycles. The van der Waals surface area contributed by atoms with E-state index in [4.69, 9.17) is 9.47 Å². The Kier molecular flexibility index (Phi) is 21.5. The SMILES string of the molecule is CCC(CCCCCCCCCOC(=O)CCCCBr)OC(=O)CCCCBr. The Balaban J connectivity index is 3.45. The maximum Gasteiger partial charge on any atom is 0.306 e. The van der Waals surface area contributed by atoms with Crippen LogP contribution in [-0.2, 0) is 19.1 Å². The number of unbranched alkanes of at least 4 members (excludes halogenated alkanes) is 8. The minimum Gasteiger partial charge on any atom is -0.466 e. The van der Waals surface area contributed by atoms with Crippen molar-refractivity contribution in [3.05, 3.63) is 0 Å². The van der Waals surface area contributed by atoms with Crippen LogP contribution in [0, 0.1) is 0 Å². The highest BCUT2D eigenvalue weighted by molar-refractivity contribution is 9.09. The van der Waals surface area contributed by atoms with E-state index in [1.807, 2.05) is 0 Å². The van der Waals surface area contributed by atoms with Crippen molar-refractivity contribution in [3.8, 4) is 0 Å². The Bertz CT molecular complexity index is 378. The number of halogens is 2. The average molecular weight is 528 g/mol. The van der Waals surface area contributed by atoms with Crippen LogP contribution < -0.4 is 0 Å². The van der Waals surface area contributed by atoms with Gasteiger partial charge in [-0.1, -0.05) is 70.9 Å². The van der Waals surface area contributed by atoms with E-state index in [1.165, 1.54) is 25.7 Å². The summed E-state index contributed by atoms with van der Waals surface area (Å²) in [6, 6.07) is 0. The molecule has 0 bridgehead atoms. The van der Waals surface area contributed by atoms with E-state index in [0.29, 0.717) is 19.4 Å². The third-order valence-electron chi connectivity index (χ3n) is 4.72. The average Bonchev–Trinajstić information content (AvgIpc) is 2.68. The number of ether oxygens (including phenoxy) is 2. The second-order valence-corrected chi connectivity index (χ2v) is 8.88. The fraction of sp³-hybridized carbons (Fsp3) is 0.909. The van der Waals surface area contributed by atoms with Crippen LogP contribution in [0.3, 0.4) is 0 Å². The second-order valence-electron chi connectivity index (χ2n) is 7.30. The molecule has 0 radical (unpaired) electrons. The number of esters is 2. The largest absolute Gasteiger partial charge is 0.466 e. The van der Waals surface area contributed by atoms with Crippen LogP contribution in [0.5, 0.6) is 0 Å². The van der Waals surface area contributed by atoms with Gasteiger partial charge in [-0.15, -0.1) is 0 Å². The molecule has 0 aromatic carbocycles. The normalized spacial score (nSPS) is 12.0. The van der Waals surface area contributed by atoms with Gasteiger partial charge in [0.1, 0.15) is 6.10 Å². The zero-order chi connectivity index (χ0) is 20.9. The van der Waals surface area contributed by atoms with Crippen LogP contribution in [-0.4, -0.2) is 35.3 Å². The summed E-state index contributed by atoms with van der Waals surface area (Å²) in [4.78, 5) is 23.3. The summed E-state index contributed by atoms with van der Waals surface area (Å²) in [6.45, 7) is 2.65. The molecule has 1 unspecified atom stereocenters. The van der Waals surface area contributed by atoms with Crippen LogP contribution >= 0.6 is 31.9 Å². The van der Waals surface area contributed by atoms with Gasteiger partial charge < -0.3 is 9.47 Å². The number of carbonyl (C=O) groups excluding carboxylic acids is 2. The summed E-state index contributed by atoms with van der Waals surface area (Å²) in [7, 11) is 0. The molecule has 0 N–H and O–H groups in total. The van der Waals surface area contributed by atoms with Gasteiger partial charge in [0.05, 0.1) is 6.61 Å². The van der Waals surface area contributed by atoms with Crippen LogP contribution in [0.15, 0.2) is 0 Å². The van der Waals surface area contributed by atoms with Crippen molar-refractivity contribution < 1.29 is 19.1 Å². The Morgan fingerprint density at radius 1 is 0.714 bits per heavy atom. The first-order valence-electron chi connectivity index (χ1n) is 11.1. The summed E-state index contributed by atoms with van der Waals surface area (Å²) in [6.07, 6.45) is 14.9. The molecule has 4 nitrogen and oxygen atoms in total. The molecule has 0 rings (SSSR count). The van der Waals surface area contributed by atoms with E-state index in [0.717, 1.165) is 68.4 Å². The lowest BCUT2D eigenvalue weighted by Gasteiger charge is -2.16. The van der Waals surface area contributed by atoms with E-state index in [1.54, 1.807) is 0 Å². The highest BCUT2D eigenvalue weighted by Gasteiger charge is 2.12. The lowest BCUT2D eigenvalue weighted by molar-refractivity contribution is -0.149.